The molecule has 0 heterocycles. The Labute approximate surface area is 202 Å². The average Bonchev–Trinajstić information content (AvgIpc) is 2.75. The molecule has 1 aliphatic rings. The monoisotopic (exact) mass is 454 g/mol. The molecular weight excluding hydrogens is 408 g/mol. The quantitative estimate of drug-likeness (QED) is 0.274. The minimum absolute atomic E-state index is 0.0461. The molecule has 0 radical (unpaired) electrons. The van der Waals surface area contributed by atoms with Crippen LogP contribution in [0.3, 0.4) is 0 Å². The third-order valence-electron chi connectivity index (χ3n) is 7.98. The van der Waals surface area contributed by atoms with Crippen molar-refractivity contribution in [2.45, 2.75) is 112 Å². The number of carbonyl (C=O) groups is 3. The van der Waals surface area contributed by atoms with Crippen molar-refractivity contribution in [3.8, 4) is 0 Å². The molecular formula is C30H46O3. The molecule has 0 aliphatic heterocycles. The Kier molecular flexibility index (Phi) is 11.0. The maximum absolute atomic E-state index is 13.3. The second-order valence-electron chi connectivity index (χ2n) is 10.5. The minimum atomic E-state index is -0.0720. The van der Waals surface area contributed by atoms with Crippen LogP contribution < -0.4 is 0 Å². The van der Waals surface area contributed by atoms with Gasteiger partial charge in [0.25, 0.3) is 0 Å². The van der Waals surface area contributed by atoms with Crippen LogP contribution in [0.1, 0.15) is 119 Å². The van der Waals surface area contributed by atoms with Crippen LogP contribution in [0.5, 0.6) is 0 Å². The van der Waals surface area contributed by atoms with Gasteiger partial charge < -0.3 is 0 Å². The van der Waals surface area contributed by atoms with Crippen LogP contribution in [-0.4, -0.2) is 17.3 Å². The normalized spacial score (nSPS) is 17.7. The van der Waals surface area contributed by atoms with Crippen molar-refractivity contribution in [3.05, 3.63) is 34.4 Å². The van der Waals surface area contributed by atoms with Gasteiger partial charge in [-0.25, -0.2) is 0 Å². The topological polar surface area (TPSA) is 51.2 Å². The average molecular weight is 455 g/mol. The molecule has 33 heavy (non-hydrogen) atoms. The lowest BCUT2D eigenvalue weighted by molar-refractivity contribution is -0.129. The molecule has 1 aromatic carbocycles. The summed E-state index contributed by atoms with van der Waals surface area (Å²) >= 11 is 0. The van der Waals surface area contributed by atoms with Crippen LogP contribution in [0.15, 0.2) is 12.1 Å². The zero-order chi connectivity index (χ0) is 24.5. The van der Waals surface area contributed by atoms with E-state index in [4.69, 9.17) is 0 Å². The van der Waals surface area contributed by atoms with E-state index in [0.29, 0.717) is 6.42 Å². The highest BCUT2D eigenvalue weighted by atomic mass is 16.1. The fraction of sp³-hybridized carbons (Fsp3) is 0.700. The van der Waals surface area contributed by atoms with Gasteiger partial charge in [-0.1, -0.05) is 65.5 Å². The van der Waals surface area contributed by atoms with Crippen LogP contribution in [0.4, 0.5) is 0 Å². The minimum Gasteiger partial charge on any atom is -0.300 e. The van der Waals surface area contributed by atoms with Crippen LogP contribution in [-0.2, 0) is 22.4 Å². The lowest BCUT2D eigenvalue weighted by Crippen LogP contribution is -2.30. The Morgan fingerprint density at radius 2 is 1.70 bits per heavy atom. The molecule has 3 nitrogen and oxygen atoms in total. The lowest BCUT2D eigenvalue weighted by atomic mass is 9.71. The van der Waals surface area contributed by atoms with Crippen molar-refractivity contribution >= 4 is 17.3 Å². The molecule has 0 aromatic heterocycles. The SMILES string of the molecule is CCCC(CC1CC(=O)c2c(C)ccc(CCC(CC)CC)c2C1)C(CC)C(=O)CC(C)=O. The Bertz CT molecular complexity index is 818. The highest BCUT2D eigenvalue weighted by Gasteiger charge is 2.33. The van der Waals surface area contributed by atoms with Gasteiger partial charge in [0.15, 0.2) is 5.78 Å². The number of carbonyl (C=O) groups excluding carboxylic acids is 3. The molecule has 184 valence electrons. The van der Waals surface area contributed by atoms with E-state index in [2.05, 4.69) is 46.8 Å². The number of hydrogen-bond acceptors (Lipinski definition) is 3. The van der Waals surface area contributed by atoms with Gasteiger partial charge in [0, 0.05) is 17.9 Å². The fourth-order valence-electron chi connectivity index (χ4n) is 6.09. The fourth-order valence-corrected chi connectivity index (χ4v) is 6.09. The van der Waals surface area contributed by atoms with Gasteiger partial charge in [-0.15, -0.1) is 0 Å². The lowest BCUT2D eigenvalue weighted by Gasteiger charge is -2.32. The maximum atomic E-state index is 13.3. The van der Waals surface area contributed by atoms with Gasteiger partial charge in [0.05, 0.1) is 6.42 Å². The first-order chi connectivity index (χ1) is 15.7. The zero-order valence-corrected chi connectivity index (χ0v) is 22.0. The van der Waals surface area contributed by atoms with E-state index in [-0.39, 0.29) is 41.5 Å². The molecule has 0 bridgehead atoms. The van der Waals surface area contributed by atoms with Crippen LogP contribution in [0, 0.1) is 30.6 Å². The summed E-state index contributed by atoms with van der Waals surface area (Å²) in [5.41, 5.74) is 4.71. The third kappa shape index (κ3) is 7.36. The summed E-state index contributed by atoms with van der Waals surface area (Å²) in [5, 5.41) is 0. The second kappa shape index (κ2) is 13.2. The summed E-state index contributed by atoms with van der Waals surface area (Å²) in [6, 6.07) is 4.38. The molecule has 2 rings (SSSR count). The summed E-state index contributed by atoms with van der Waals surface area (Å²) in [5.74, 6) is 1.53. The number of Topliss-reactive ketones (excluding diaryl/α,β-unsaturated/α-hetero) is 3. The summed E-state index contributed by atoms with van der Waals surface area (Å²) < 4.78 is 0. The maximum Gasteiger partial charge on any atom is 0.163 e. The van der Waals surface area contributed by atoms with Crippen LogP contribution >= 0.6 is 0 Å². The first kappa shape index (κ1) is 27.5. The molecule has 0 saturated heterocycles. The van der Waals surface area contributed by atoms with Gasteiger partial charge in [-0.3, -0.25) is 14.4 Å². The Hall–Kier alpha value is -1.77. The Morgan fingerprint density at radius 1 is 1.00 bits per heavy atom. The smallest absolute Gasteiger partial charge is 0.163 e. The predicted octanol–water partition coefficient (Wildman–Crippen LogP) is 7.49. The second-order valence-corrected chi connectivity index (χ2v) is 10.5. The highest BCUT2D eigenvalue weighted by Crippen LogP contribution is 2.38. The van der Waals surface area contributed by atoms with Crippen LogP contribution in [0.2, 0.25) is 0 Å². The largest absolute Gasteiger partial charge is 0.300 e. The van der Waals surface area contributed by atoms with Crippen molar-refractivity contribution in [3.63, 3.8) is 0 Å². The van der Waals surface area contributed by atoms with Gasteiger partial charge in [-0.2, -0.15) is 0 Å². The van der Waals surface area contributed by atoms with Gasteiger partial charge in [0.1, 0.15) is 11.6 Å². The van der Waals surface area contributed by atoms with Gasteiger partial charge in [0.2, 0.25) is 0 Å². The molecule has 3 heteroatoms. The molecule has 3 unspecified atom stereocenters. The van der Waals surface area contributed by atoms with Gasteiger partial charge >= 0.3 is 0 Å². The summed E-state index contributed by atoms with van der Waals surface area (Å²) in [7, 11) is 0. The Balaban J connectivity index is 2.26. The van der Waals surface area contributed by atoms with Gasteiger partial charge in [-0.05, 0) is 80.4 Å². The van der Waals surface area contributed by atoms with Crippen molar-refractivity contribution in [2.75, 3.05) is 0 Å². The molecule has 0 N–H and O–H groups in total. The molecule has 0 fully saturated rings. The van der Waals surface area contributed by atoms with E-state index in [9.17, 15) is 14.4 Å². The van der Waals surface area contributed by atoms with E-state index in [1.54, 1.807) is 0 Å². The van der Waals surface area contributed by atoms with Crippen molar-refractivity contribution in [1.29, 1.82) is 0 Å². The number of fused-ring (bicyclic) bond motifs is 1. The first-order valence-electron chi connectivity index (χ1n) is 13.4. The third-order valence-corrected chi connectivity index (χ3v) is 7.98. The van der Waals surface area contributed by atoms with E-state index in [1.807, 2.05) is 0 Å². The highest BCUT2D eigenvalue weighted by molar-refractivity contribution is 6.00. The number of rotatable bonds is 14. The van der Waals surface area contributed by atoms with Crippen LogP contribution in [0.25, 0.3) is 0 Å². The molecule has 0 spiro atoms. The first-order valence-corrected chi connectivity index (χ1v) is 13.4. The van der Waals surface area contributed by atoms with E-state index in [0.717, 1.165) is 55.6 Å². The number of benzene rings is 1. The predicted molar refractivity (Wildman–Crippen MR) is 137 cm³/mol. The van der Waals surface area contributed by atoms with E-state index >= 15 is 0 Å². The molecule has 1 aliphatic carbocycles. The number of ketones is 3. The van der Waals surface area contributed by atoms with E-state index < -0.39 is 0 Å². The number of hydrogen-bond donors (Lipinski definition) is 0. The molecule has 3 atom stereocenters. The molecule has 0 saturated carbocycles. The molecule has 1 aromatic rings. The summed E-state index contributed by atoms with van der Waals surface area (Å²) in [4.78, 5) is 37.7. The number of aryl methyl sites for hydroxylation is 2. The zero-order valence-electron chi connectivity index (χ0n) is 22.0. The van der Waals surface area contributed by atoms with Crippen molar-refractivity contribution in [2.24, 2.45) is 23.7 Å². The molecule has 0 amide bonds. The standard InChI is InChI=1S/C30H46O3/c1-7-11-25(26(10-4)28(32)16-21(6)31)17-23-18-27-24(15-13-22(8-2)9-3)14-12-20(5)30(27)29(33)19-23/h12,14,22-23,25-26H,7-11,13,15-19H2,1-6H3. The van der Waals surface area contributed by atoms with E-state index in [1.165, 1.54) is 37.3 Å². The summed E-state index contributed by atoms with van der Waals surface area (Å²) in [6.07, 6.45) is 9.88. The summed E-state index contributed by atoms with van der Waals surface area (Å²) in [6.45, 7) is 12.3. The van der Waals surface area contributed by atoms with Crippen molar-refractivity contribution < 1.29 is 14.4 Å². The van der Waals surface area contributed by atoms with Crippen molar-refractivity contribution in [1.82, 2.24) is 0 Å². The Morgan fingerprint density at radius 3 is 2.27 bits per heavy atom.